The van der Waals surface area contributed by atoms with Gasteiger partial charge < -0.3 is 10.5 Å². The predicted octanol–water partition coefficient (Wildman–Crippen LogP) is 2.32. The van der Waals surface area contributed by atoms with Crippen LogP contribution in [0.15, 0.2) is 29.2 Å². The second-order valence-corrected chi connectivity index (χ2v) is 5.71. The van der Waals surface area contributed by atoms with Crippen molar-refractivity contribution < 1.29 is 8.95 Å². The van der Waals surface area contributed by atoms with E-state index in [-0.39, 0.29) is 6.04 Å². The van der Waals surface area contributed by atoms with Gasteiger partial charge in [0.25, 0.3) is 0 Å². The van der Waals surface area contributed by atoms with Crippen LogP contribution in [0.4, 0.5) is 0 Å². The third kappa shape index (κ3) is 4.88. The van der Waals surface area contributed by atoms with Gasteiger partial charge in [-0.15, -0.1) is 0 Å². The van der Waals surface area contributed by atoms with Crippen molar-refractivity contribution in [1.29, 1.82) is 0 Å². The Bertz CT molecular complexity index is 366. The number of methoxy groups -OCH3 is 1. The van der Waals surface area contributed by atoms with Crippen LogP contribution in [-0.4, -0.2) is 23.1 Å². The Hall–Kier alpha value is -0.870. The molecule has 0 aliphatic rings. The Morgan fingerprint density at radius 2 is 2.06 bits per heavy atom. The van der Waals surface area contributed by atoms with Crippen LogP contribution in [0.2, 0.25) is 0 Å². The zero-order chi connectivity index (χ0) is 12.7. The summed E-state index contributed by atoms with van der Waals surface area (Å²) in [6, 6.07) is 7.71. The summed E-state index contributed by atoms with van der Waals surface area (Å²) in [7, 11) is 0.628. The van der Waals surface area contributed by atoms with E-state index in [4.69, 9.17) is 10.5 Å². The summed E-state index contributed by atoms with van der Waals surface area (Å²) in [5, 5.41) is 0. The number of nitrogens with two attached hydrogens (primary N) is 1. The molecule has 0 fully saturated rings. The molecule has 0 saturated carbocycles. The van der Waals surface area contributed by atoms with Gasteiger partial charge in [-0.05, 0) is 31.9 Å². The average molecular weight is 255 g/mol. The van der Waals surface area contributed by atoms with Crippen molar-refractivity contribution in [2.24, 2.45) is 5.73 Å². The largest absolute Gasteiger partial charge is 0.495 e. The van der Waals surface area contributed by atoms with Gasteiger partial charge in [0.1, 0.15) is 5.75 Å². The molecule has 0 aliphatic carbocycles. The molecule has 2 unspecified atom stereocenters. The quantitative estimate of drug-likeness (QED) is 0.761. The molecule has 17 heavy (non-hydrogen) atoms. The maximum Gasteiger partial charge on any atom is 0.134 e. The van der Waals surface area contributed by atoms with Crippen LogP contribution in [0.5, 0.6) is 5.75 Å². The van der Waals surface area contributed by atoms with Gasteiger partial charge in [-0.3, -0.25) is 4.21 Å². The van der Waals surface area contributed by atoms with Gasteiger partial charge in [0.05, 0.1) is 22.8 Å². The topological polar surface area (TPSA) is 52.3 Å². The van der Waals surface area contributed by atoms with Gasteiger partial charge in [-0.25, -0.2) is 0 Å². The van der Waals surface area contributed by atoms with E-state index in [1.54, 1.807) is 7.11 Å². The highest BCUT2D eigenvalue weighted by Gasteiger charge is 2.09. The fourth-order valence-electron chi connectivity index (χ4n) is 1.62. The summed E-state index contributed by atoms with van der Waals surface area (Å²) in [6.07, 6.45) is 2.95. The van der Waals surface area contributed by atoms with E-state index >= 15 is 0 Å². The maximum atomic E-state index is 12.1. The van der Waals surface area contributed by atoms with Gasteiger partial charge in [-0.2, -0.15) is 0 Å². The van der Waals surface area contributed by atoms with Crippen molar-refractivity contribution in [3.05, 3.63) is 24.3 Å². The fourth-order valence-corrected chi connectivity index (χ4v) is 2.91. The highest BCUT2D eigenvalue weighted by molar-refractivity contribution is 7.85. The molecular formula is C13H21NO2S. The van der Waals surface area contributed by atoms with Crippen molar-refractivity contribution in [3.8, 4) is 5.75 Å². The van der Waals surface area contributed by atoms with Crippen LogP contribution in [-0.2, 0) is 10.8 Å². The van der Waals surface area contributed by atoms with E-state index in [0.29, 0.717) is 11.5 Å². The molecule has 96 valence electrons. The molecule has 0 saturated heterocycles. The summed E-state index contributed by atoms with van der Waals surface area (Å²) < 4.78 is 17.3. The molecular weight excluding hydrogens is 234 g/mol. The van der Waals surface area contributed by atoms with Crippen LogP contribution in [0.1, 0.15) is 26.2 Å². The normalized spacial score (nSPS) is 14.3. The number of para-hydroxylation sites is 1. The van der Waals surface area contributed by atoms with Gasteiger partial charge in [0, 0.05) is 11.8 Å². The summed E-state index contributed by atoms with van der Waals surface area (Å²) in [5.74, 6) is 1.38. The Kier molecular flexibility index (Phi) is 6.22. The maximum absolute atomic E-state index is 12.1. The molecule has 0 amide bonds. The first-order valence-corrected chi connectivity index (χ1v) is 7.24. The number of unbranched alkanes of at least 4 members (excludes halogenated alkanes) is 1. The van der Waals surface area contributed by atoms with Crippen LogP contribution >= 0.6 is 0 Å². The van der Waals surface area contributed by atoms with E-state index in [1.165, 1.54) is 0 Å². The second kappa shape index (κ2) is 7.45. The number of benzene rings is 1. The Labute approximate surface area is 106 Å². The van der Waals surface area contributed by atoms with Crippen molar-refractivity contribution in [3.63, 3.8) is 0 Å². The summed E-state index contributed by atoms with van der Waals surface area (Å²) >= 11 is 0. The molecule has 1 aromatic rings. The minimum atomic E-state index is -0.975. The minimum absolute atomic E-state index is 0.231. The minimum Gasteiger partial charge on any atom is -0.495 e. The second-order valence-electron chi connectivity index (χ2n) is 4.17. The number of rotatable bonds is 7. The molecule has 0 bridgehead atoms. The van der Waals surface area contributed by atoms with Crippen LogP contribution in [0.3, 0.4) is 0 Å². The van der Waals surface area contributed by atoms with Gasteiger partial charge in [0.2, 0.25) is 0 Å². The van der Waals surface area contributed by atoms with E-state index in [2.05, 4.69) is 0 Å². The molecule has 2 atom stereocenters. The smallest absolute Gasteiger partial charge is 0.134 e. The van der Waals surface area contributed by atoms with E-state index in [1.807, 2.05) is 31.2 Å². The summed E-state index contributed by atoms with van der Waals surface area (Å²) in [6.45, 7) is 2.00. The molecule has 0 heterocycles. The molecule has 3 nitrogen and oxygen atoms in total. The Morgan fingerprint density at radius 1 is 1.35 bits per heavy atom. The zero-order valence-corrected chi connectivity index (χ0v) is 11.3. The van der Waals surface area contributed by atoms with E-state index in [0.717, 1.165) is 24.2 Å². The number of ether oxygens (including phenoxy) is 1. The molecule has 0 spiro atoms. The molecule has 4 heteroatoms. The van der Waals surface area contributed by atoms with Gasteiger partial charge >= 0.3 is 0 Å². The average Bonchev–Trinajstić information content (AvgIpc) is 2.34. The number of hydrogen-bond donors (Lipinski definition) is 1. The standard InChI is InChI=1S/C13H21NO2S/c1-11(14)7-5-6-10-17(15)13-9-4-3-8-12(13)16-2/h3-4,8-9,11H,5-7,10,14H2,1-2H3. The lowest BCUT2D eigenvalue weighted by atomic mass is 10.2. The van der Waals surface area contributed by atoms with Crippen molar-refractivity contribution in [2.75, 3.05) is 12.9 Å². The molecule has 1 aromatic carbocycles. The van der Waals surface area contributed by atoms with E-state index < -0.39 is 10.8 Å². The molecule has 0 radical (unpaired) electrons. The number of hydrogen-bond acceptors (Lipinski definition) is 3. The van der Waals surface area contributed by atoms with Crippen molar-refractivity contribution in [2.45, 2.75) is 37.1 Å². The molecule has 0 aromatic heterocycles. The lowest BCUT2D eigenvalue weighted by molar-refractivity contribution is 0.404. The Balaban J connectivity index is 2.47. The van der Waals surface area contributed by atoms with Gasteiger partial charge in [-0.1, -0.05) is 18.6 Å². The lowest BCUT2D eigenvalue weighted by Gasteiger charge is -2.08. The third-order valence-corrected chi connectivity index (χ3v) is 4.04. The van der Waals surface area contributed by atoms with Crippen LogP contribution in [0.25, 0.3) is 0 Å². The molecule has 2 N–H and O–H groups in total. The van der Waals surface area contributed by atoms with Crippen LogP contribution < -0.4 is 10.5 Å². The third-order valence-electron chi connectivity index (χ3n) is 2.55. The Morgan fingerprint density at radius 3 is 2.71 bits per heavy atom. The van der Waals surface area contributed by atoms with Crippen LogP contribution in [0, 0.1) is 0 Å². The molecule has 0 aliphatic heterocycles. The highest BCUT2D eigenvalue weighted by atomic mass is 32.2. The lowest BCUT2D eigenvalue weighted by Crippen LogP contribution is -2.14. The van der Waals surface area contributed by atoms with E-state index in [9.17, 15) is 4.21 Å². The monoisotopic (exact) mass is 255 g/mol. The fraction of sp³-hybridized carbons (Fsp3) is 0.538. The van der Waals surface area contributed by atoms with Crippen molar-refractivity contribution >= 4 is 10.8 Å². The summed E-state index contributed by atoms with van der Waals surface area (Å²) in [4.78, 5) is 0.788. The first kappa shape index (κ1) is 14.2. The first-order valence-electron chi connectivity index (χ1n) is 5.92. The van der Waals surface area contributed by atoms with Gasteiger partial charge in [0.15, 0.2) is 0 Å². The zero-order valence-electron chi connectivity index (χ0n) is 10.5. The SMILES string of the molecule is COc1ccccc1S(=O)CCCCC(C)N. The first-order chi connectivity index (χ1) is 8.15. The summed E-state index contributed by atoms with van der Waals surface area (Å²) in [5.41, 5.74) is 5.67. The van der Waals surface area contributed by atoms with Crippen molar-refractivity contribution in [1.82, 2.24) is 0 Å². The molecule has 1 rings (SSSR count). The highest BCUT2D eigenvalue weighted by Crippen LogP contribution is 2.21. The predicted molar refractivity (Wildman–Crippen MR) is 71.8 cm³/mol.